The Kier molecular flexibility index (Phi) is 4.44. The topological polar surface area (TPSA) is 70.5 Å². The molecule has 0 radical (unpaired) electrons. The van der Waals surface area contributed by atoms with Gasteiger partial charge < -0.3 is 5.11 Å². The van der Waals surface area contributed by atoms with Crippen LogP contribution in [0.1, 0.15) is 12.6 Å². The van der Waals surface area contributed by atoms with Gasteiger partial charge in [0, 0.05) is 18.4 Å². The predicted molar refractivity (Wildman–Crippen MR) is 78.0 cm³/mol. The molecule has 1 aromatic carbocycles. The lowest BCUT2D eigenvalue weighted by atomic mass is 10.3. The molecule has 1 N–H and O–H groups in total. The van der Waals surface area contributed by atoms with Crippen LogP contribution < -0.4 is 4.90 Å². The van der Waals surface area contributed by atoms with E-state index in [-0.39, 0.29) is 16.7 Å². The highest BCUT2D eigenvalue weighted by Crippen LogP contribution is 2.30. The van der Waals surface area contributed by atoms with Crippen LogP contribution in [0.4, 0.5) is 15.2 Å². The molecule has 1 amide bonds. The molecule has 1 heterocycles. The Morgan fingerprint density at radius 2 is 2.10 bits per heavy atom. The minimum atomic E-state index is -1.10. The average molecular weight is 306 g/mol. The smallest absolute Gasteiger partial charge is 0.328 e. The van der Waals surface area contributed by atoms with Gasteiger partial charge in [-0.2, -0.15) is 0 Å². The third-order valence-corrected chi connectivity index (χ3v) is 3.35. The van der Waals surface area contributed by atoms with Gasteiger partial charge in [0.05, 0.1) is 11.4 Å². The number of para-hydroxylation sites is 1. The monoisotopic (exact) mass is 306 g/mol. The number of carbonyl (C=O) groups excluding carboxylic acids is 1. The number of hydrogen-bond acceptors (Lipinski definition) is 4. The first-order chi connectivity index (χ1) is 9.99. The van der Waals surface area contributed by atoms with Crippen LogP contribution in [0.2, 0.25) is 0 Å². The van der Waals surface area contributed by atoms with Gasteiger partial charge >= 0.3 is 5.97 Å². The van der Waals surface area contributed by atoms with Gasteiger partial charge in [-0.3, -0.25) is 9.69 Å². The molecule has 7 heteroatoms. The van der Waals surface area contributed by atoms with Crippen LogP contribution in [-0.2, 0) is 9.59 Å². The molecule has 0 aliphatic rings. The number of aromatic nitrogens is 1. The SMILES string of the molecule is CC(=O)N(c1nc(/C=C\C(=O)O)cs1)c1ccccc1F. The molecule has 108 valence electrons. The van der Waals surface area contributed by atoms with Gasteiger partial charge in [0.1, 0.15) is 5.82 Å². The Hall–Kier alpha value is -2.54. The molecule has 0 aliphatic carbocycles. The molecule has 0 spiro atoms. The standard InChI is InChI=1S/C14H11FN2O3S/c1-9(18)17(12-5-3-2-4-11(12)15)14-16-10(8-21-14)6-7-13(19)20/h2-8H,1H3,(H,19,20)/b7-6-. The van der Waals surface area contributed by atoms with Crippen molar-refractivity contribution in [2.45, 2.75) is 6.92 Å². The zero-order valence-electron chi connectivity index (χ0n) is 11.0. The summed E-state index contributed by atoms with van der Waals surface area (Å²) in [5.41, 5.74) is 0.494. The molecular weight excluding hydrogens is 295 g/mol. The number of nitrogens with zero attached hydrogens (tertiary/aromatic N) is 2. The summed E-state index contributed by atoms with van der Waals surface area (Å²) >= 11 is 1.12. The van der Waals surface area contributed by atoms with Gasteiger partial charge in [0.2, 0.25) is 5.91 Å². The molecule has 0 atom stereocenters. The molecule has 5 nitrogen and oxygen atoms in total. The number of hydrogen-bond donors (Lipinski definition) is 1. The van der Waals surface area contributed by atoms with E-state index in [1.807, 2.05) is 0 Å². The van der Waals surface area contributed by atoms with Crippen molar-refractivity contribution < 1.29 is 19.1 Å². The fraction of sp³-hybridized carbons (Fsp3) is 0.0714. The Labute approximate surface area is 124 Å². The highest BCUT2D eigenvalue weighted by Gasteiger charge is 2.20. The van der Waals surface area contributed by atoms with Gasteiger partial charge in [-0.05, 0) is 18.2 Å². The van der Waals surface area contributed by atoms with Crippen molar-refractivity contribution in [2.75, 3.05) is 4.90 Å². The summed E-state index contributed by atoms with van der Waals surface area (Å²) in [5, 5.41) is 10.4. The van der Waals surface area contributed by atoms with E-state index in [2.05, 4.69) is 4.98 Å². The fourth-order valence-electron chi connectivity index (χ4n) is 1.65. The Balaban J connectivity index is 2.39. The van der Waals surface area contributed by atoms with E-state index in [0.29, 0.717) is 5.69 Å². The molecule has 0 unspecified atom stereocenters. The maximum absolute atomic E-state index is 13.8. The molecule has 0 saturated carbocycles. The van der Waals surface area contributed by atoms with Gasteiger partial charge in [0.25, 0.3) is 0 Å². The van der Waals surface area contributed by atoms with E-state index in [1.54, 1.807) is 11.4 Å². The number of anilines is 2. The number of rotatable bonds is 4. The molecule has 0 aliphatic heterocycles. The molecule has 21 heavy (non-hydrogen) atoms. The number of aliphatic carboxylic acids is 1. The molecule has 2 aromatic rings. The van der Waals surface area contributed by atoms with Crippen molar-refractivity contribution in [3.05, 3.63) is 47.2 Å². The maximum Gasteiger partial charge on any atom is 0.328 e. The van der Waals surface area contributed by atoms with E-state index in [0.717, 1.165) is 22.3 Å². The summed E-state index contributed by atoms with van der Waals surface area (Å²) in [6.07, 6.45) is 2.25. The van der Waals surface area contributed by atoms with Crippen LogP contribution in [0.5, 0.6) is 0 Å². The van der Waals surface area contributed by atoms with E-state index < -0.39 is 11.8 Å². The van der Waals surface area contributed by atoms with Crippen molar-refractivity contribution in [1.29, 1.82) is 0 Å². The molecule has 0 saturated heterocycles. The number of carboxylic acid groups (broad SMARTS) is 1. The van der Waals surface area contributed by atoms with Crippen LogP contribution in [-0.4, -0.2) is 22.0 Å². The second kappa shape index (κ2) is 6.27. The van der Waals surface area contributed by atoms with Gasteiger partial charge in [-0.1, -0.05) is 12.1 Å². The fourth-order valence-corrected chi connectivity index (χ4v) is 2.50. The summed E-state index contributed by atoms with van der Waals surface area (Å²) < 4.78 is 13.8. The predicted octanol–water partition coefficient (Wildman–Crippen LogP) is 3.06. The molecule has 0 bridgehead atoms. The molecular formula is C14H11FN2O3S. The van der Waals surface area contributed by atoms with Crippen LogP contribution in [0.15, 0.2) is 35.7 Å². The zero-order chi connectivity index (χ0) is 15.4. The highest BCUT2D eigenvalue weighted by atomic mass is 32.1. The third-order valence-electron chi connectivity index (χ3n) is 2.51. The van der Waals surface area contributed by atoms with Crippen LogP contribution in [0, 0.1) is 5.82 Å². The van der Waals surface area contributed by atoms with Crippen molar-refractivity contribution in [3.8, 4) is 0 Å². The summed E-state index contributed by atoms with van der Waals surface area (Å²) in [5.74, 6) is -2.02. The van der Waals surface area contributed by atoms with Gasteiger partial charge in [-0.15, -0.1) is 11.3 Å². The Morgan fingerprint density at radius 1 is 1.38 bits per heavy atom. The van der Waals surface area contributed by atoms with Crippen LogP contribution >= 0.6 is 11.3 Å². The normalized spacial score (nSPS) is 10.8. The lowest BCUT2D eigenvalue weighted by Gasteiger charge is -2.18. The summed E-state index contributed by atoms with van der Waals surface area (Å²) in [6, 6.07) is 5.88. The van der Waals surface area contributed by atoms with Gasteiger partial charge in [-0.25, -0.2) is 14.2 Å². The molecule has 2 rings (SSSR count). The lowest BCUT2D eigenvalue weighted by molar-refractivity contribution is -0.131. The van der Waals surface area contributed by atoms with Gasteiger partial charge in [0.15, 0.2) is 5.13 Å². The minimum absolute atomic E-state index is 0.105. The molecule has 0 fully saturated rings. The van der Waals surface area contributed by atoms with E-state index in [9.17, 15) is 14.0 Å². The summed E-state index contributed by atoms with van der Waals surface area (Å²) in [7, 11) is 0. The number of halogens is 1. The number of thiazole rings is 1. The Morgan fingerprint density at radius 3 is 2.71 bits per heavy atom. The maximum atomic E-state index is 13.8. The number of carboxylic acids is 1. The van der Waals surface area contributed by atoms with E-state index in [1.165, 1.54) is 31.2 Å². The lowest BCUT2D eigenvalue weighted by Crippen LogP contribution is -2.23. The first kappa shape index (κ1) is 14.9. The van der Waals surface area contributed by atoms with Crippen molar-refractivity contribution in [2.24, 2.45) is 0 Å². The Bertz CT molecular complexity index is 712. The summed E-state index contributed by atoms with van der Waals surface area (Å²) in [6.45, 7) is 1.31. The highest BCUT2D eigenvalue weighted by molar-refractivity contribution is 7.14. The number of carbonyl (C=O) groups is 2. The quantitative estimate of drug-likeness (QED) is 0.881. The van der Waals surface area contributed by atoms with E-state index >= 15 is 0 Å². The first-order valence-corrected chi connectivity index (χ1v) is 6.79. The second-order valence-corrected chi connectivity index (χ2v) is 4.87. The summed E-state index contributed by atoms with van der Waals surface area (Å²) in [4.78, 5) is 27.5. The zero-order valence-corrected chi connectivity index (χ0v) is 11.8. The second-order valence-electron chi connectivity index (χ2n) is 4.03. The van der Waals surface area contributed by atoms with Crippen LogP contribution in [0.3, 0.4) is 0 Å². The van der Waals surface area contributed by atoms with Crippen LogP contribution in [0.25, 0.3) is 6.08 Å². The van der Waals surface area contributed by atoms with Crippen molar-refractivity contribution in [3.63, 3.8) is 0 Å². The molecule has 1 aromatic heterocycles. The largest absolute Gasteiger partial charge is 0.478 e. The van der Waals surface area contributed by atoms with Crippen molar-refractivity contribution >= 4 is 40.1 Å². The van der Waals surface area contributed by atoms with Crippen molar-refractivity contribution in [1.82, 2.24) is 4.98 Å². The number of amides is 1. The third kappa shape index (κ3) is 3.51. The minimum Gasteiger partial charge on any atom is -0.478 e. The first-order valence-electron chi connectivity index (χ1n) is 5.91. The van der Waals surface area contributed by atoms with E-state index in [4.69, 9.17) is 5.11 Å². The number of benzene rings is 1. The average Bonchev–Trinajstić information content (AvgIpc) is 2.87.